The van der Waals surface area contributed by atoms with E-state index in [1.165, 1.54) is 0 Å². The number of hydrogen-bond acceptors (Lipinski definition) is 4. The molecular formula is C13H19BrN2O3. The Labute approximate surface area is 121 Å². The molecule has 1 rings (SSSR count). The van der Waals surface area contributed by atoms with Crippen LogP contribution < -0.4 is 20.5 Å². The van der Waals surface area contributed by atoms with Crippen LogP contribution in [0.25, 0.3) is 0 Å². The van der Waals surface area contributed by atoms with Crippen molar-refractivity contribution >= 4 is 21.8 Å². The van der Waals surface area contributed by atoms with Gasteiger partial charge in [-0.1, -0.05) is 0 Å². The first-order valence-corrected chi connectivity index (χ1v) is 6.88. The molecule has 3 N–H and O–H groups in total. The van der Waals surface area contributed by atoms with E-state index >= 15 is 0 Å². The van der Waals surface area contributed by atoms with Crippen LogP contribution in [0.3, 0.4) is 0 Å². The van der Waals surface area contributed by atoms with Crippen LogP contribution in [0.4, 0.5) is 0 Å². The SMILES string of the molecule is CCOc1cc(CNC)cc(Br)c1OCCC(N)=O. The van der Waals surface area contributed by atoms with Crippen LogP contribution >= 0.6 is 15.9 Å². The summed E-state index contributed by atoms with van der Waals surface area (Å²) in [4.78, 5) is 10.7. The zero-order chi connectivity index (χ0) is 14.3. The number of ether oxygens (including phenoxy) is 2. The maximum atomic E-state index is 10.7. The molecule has 0 fully saturated rings. The molecule has 0 atom stereocenters. The fourth-order valence-corrected chi connectivity index (χ4v) is 2.19. The largest absolute Gasteiger partial charge is 0.490 e. The Kier molecular flexibility index (Phi) is 6.66. The summed E-state index contributed by atoms with van der Waals surface area (Å²) in [5, 5.41) is 3.08. The maximum Gasteiger partial charge on any atom is 0.220 e. The van der Waals surface area contributed by atoms with Crippen molar-refractivity contribution in [3.8, 4) is 11.5 Å². The third kappa shape index (κ3) is 5.08. The fraction of sp³-hybridized carbons (Fsp3) is 0.462. The van der Waals surface area contributed by atoms with E-state index < -0.39 is 0 Å². The van der Waals surface area contributed by atoms with Gasteiger partial charge in [0, 0.05) is 6.54 Å². The summed E-state index contributed by atoms with van der Waals surface area (Å²) in [5.41, 5.74) is 6.17. The van der Waals surface area contributed by atoms with Gasteiger partial charge >= 0.3 is 0 Å². The van der Waals surface area contributed by atoms with Crippen molar-refractivity contribution < 1.29 is 14.3 Å². The lowest BCUT2D eigenvalue weighted by Crippen LogP contribution is -2.15. The van der Waals surface area contributed by atoms with Crippen molar-refractivity contribution in [2.75, 3.05) is 20.3 Å². The molecule has 0 spiro atoms. The number of halogens is 1. The number of amides is 1. The molecule has 0 bridgehead atoms. The Bertz CT molecular complexity index is 438. The van der Waals surface area contributed by atoms with Crippen LogP contribution in [0.2, 0.25) is 0 Å². The van der Waals surface area contributed by atoms with Crippen molar-refractivity contribution in [1.82, 2.24) is 5.32 Å². The molecule has 1 aromatic carbocycles. The molecule has 106 valence electrons. The van der Waals surface area contributed by atoms with Gasteiger partial charge in [0.1, 0.15) is 0 Å². The molecule has 0 saturated heterocycles. The summed E-state index contributed by atoms with van der Waals surface area (Å²) in [6.07, 6.45) is 0.177. The third-order valence-electron chi connectivity index (χ3n) is 2.34. The smallest absolute Gasteiger partial charge is 0.220 e. The van der Waals surface area contributed by atoms with E-state index in [4.69, 9.17) is 15.2 Å². The van der Waals surface area contributed by atoms with Crippen molar-refractivity contribution in [3.05, 3.63) is 22.2 Å². The minimum Gasteiger partial charge on any atom is -0.490 e. The Balaban J connectivity index is 2.90. The zero-order valence-electron chi connectivity index (χ0n) is 11.2. The molecule has 0 radical (unpaired) electrons. The Morgan fingerprint density at radius 1 is 1.42 bits per heavy atom. The van der Waals surface area contributed by atoms with Gasteiger partial charge in [0.2, 0.25) is 5.91 Å². The van der Waals surface area contributed by atoms with Gasteiger partial charge in [-0.3, -0.25) is 4.79 Å². The van der Waals surface area contributed by atoms with Crippen molar-refractivity contribution in [2.45, 2.75) is 19.9 Å². The lowest BCUT2D eigenvalue weighted by atomic mass is 10.2. The quantitative estimate of drug-likeness (QED) is 0.762. The Morgan fingerprint density at radius 3 is 2.74 bits per heavy atom. The highest BCUT2D eigenvalue weighted by Gasteiger charge is 2.12. The van der Waals surface area contributed by atoms with E-state index in [-0.39, 0.29) is 18.9 Å². The molecule has 1 aromatic rings. The first-order chi connectivity index (χ1) is 9.08. The number of nitrogens with one attached hydrogen (secondary N) is 1. The van der Waals surface area contributed by atoms with Crippen molar-refractivity contribution in [2.24, 2.45) is 5.73 Å². The molecule has 5 nitrogen and oxygen atoms in total. The number of hydrogen-bond donors (Lipinski definition) is 2. The fourth-order valence-electron chi connectivity index (χ4n) is 1.58. The number of carbonyl (C=O) groups excluding carboxylic acids is 1. The van der Waals surface area contributed by atoms with Crippen LogP contribution in [0, 0.1) is 0 Å². The number of rotatable bonds is 8. The Hall–Kier alpha value is -1.27. The molecule has 1 amide bonds. The highest BCUT2D eigenvalue weighted by Crippen LogP contribution is 2.37. The summed E-state index contributed by atoms with van der Waals surface area (Å²) in [7, 11) is 1.88. The van der Waals surface area contributed by atoms with Crippen LogP contribution in [-0.4, -0.2) is 26.2 Å². The zero-order valence-corrected chi connectivity index (χ0v) is 12.7. The first-order valence-electron chi connectivity index (χ1n) is 6.09. The lowest BCUT2D eigenvalue weighted by Gasteiger charge is -2.15. The van der Waals surface area contributed by atoms with E-state index in [9.17, 15) is 4.79 Å². The van der Waals surface area contributed by atoms with Crippen molar-refractivity contribution in [3.63, 3.8) is 0 Å². The number of primary amides is 1. The minimum absolute atomic E-state index is 0.177. The monoisotopic (exact) mass is 330 g/mol. The number of benzene rings is 1. The van der Waals surface area contributed by atoms with Gasteiger partial charge in [-0.15, -0.1) is 0 Å². The Morgan fingerprint density at radius 2 is 2.16 bits per heavy atom. The van der Waals surface area contributed by atoms with Crippen LogP contribution in [0.15, 0.2) is 16.6 Å². The molecule has 0 aromatic heterocycles. The molecule has 0 unspecified atom stereocenters. The third-order valence-corrected chi connectivity index (χ3v) is 2.93. The van der Waals surface area contributed by atoms with Gasteiger partial charge < -0.3 is 20.5 Å². The molecule has 6 heteroatoms. The van der Waals surface area contributed by atoms with Crippen LogP contribution in [-0.2, 0) is 11.3 Å². The second-order valence-corrected chi connectivity index (χ2v) is 4.79. The maximum absolute atomic E-state index is 10.7. The minimum atomic E-state index is -0.388. The average molecular weight is 331 g/mol. The molecule has 0 heterocycles. The number of nitrogens with two attached hydrogens (primary N) is 1. The van der Waals surface area contributed by atoms with E-state index in [2.05, 4.69) is 21.2 Å². The van der Waals surface area contributed by atoms with Gasteiger partial charge in [-0.05, 0) is 47.6 Å². The molecular weight excluding hydrogens is 312 g/mol. The predicted molar refractivity (Wildman–Crippen MR) is 77.4 cm³/mol. The summed E-state index contributed by atoms with van der Waals surface area (Å²) in [6, 6.07) is 3.88. The second-order valence-electron chi connectivity index (χ2n) is 3.93. The summed E-state index contributed by atoms with van der Waals surface area (Å²) >= 11 is 3.46. The van der Waals surface area contributed by atoms with Gasteiger partial charge in [-0.2, -0.15) is 0 Å². The topological polar surface area (TPSA) is 73.6 Å². The van der Waals surface area contributed by atoms with Crippen LogP contribution in [0.5, 0.6) is 11.5 Å². The molecule has 0 aliphatic rings. The van der Waals surface area contributed by atoms with Crippen LogP contribution in [0.1, 0.15) is 18.9 Å². The summed E-state index contributed by atoms with van der Waals surface area (Å²) < 4.78 is 11.9. The average Bonchev–Trinajstić information content (AvgIpc) is 2.33. The standard InChI is InChI=1S/C13H19BrN2O3/c1-3-18-11-7-9(8-16-2)6-10(14)13(11)19-5-4-12(15)17/h6-7,16H,3-5,8H2,1-2H3,(H2,15,17). The number of carbonyl (C=O) groups is 1. The van der Waals surface area contributed by atoms with E-state index in [1.807, 2.05) is 26.1 Å². The van der Waals surface area contributed by atoms with Gasteiger partial charge in [-0.25, -0.2) is 0 Å². The summed E-state index contributed by atoms with van der Waals surface area (Å²) in [5.74, 6) is 0.871. The van der Waals surface area contributed by atoms with E-state index in [1.54, 1.807) is 0 Å². The highest BCUT2D eigenvalue weighted by molar-refractivity contribution is 9.10. The second kappa shape index (κ2) is 8.01. The molecule has 0 aliphatic heterocycles. The first kappa shape index (κ1) is 15.8. The molecule has 19 heavy (non-hydrogen) atoms. The van der Waals surface area contributed by atoms with Gasteiger partial charge in [0.05, 0.1) is 24.1 Å². The van der Waals surface area contributed by atoms with Crippen molar-refractivity contribution in [1.29, 1.82) is 0 Å². The van der Waals surface area contributed by atoms with Gasteiger partial charge in [0.15, 0.2) is 11.5 Å². The van der Waals surface area contributed by atoms with E-state index in [0.29, 0.717) is 18.1 Å². The molecule has 0 saturated carbocycles. The van der Waals surface area contributed by atoms with E-state index in [0.717, 1.165) is 16.6 Å². The summed E-state index contributed by atoms with van der Waals surface area (Å²) in [6.45, 7) is 3.42. The normalized spacial score (nSPS) is 10.3. The molecule has 0 aliphatic carbocycles. The lowest BCUT2D eigenvalue weighted by molar-refractivity contribution is -0.118. The predicted octanol–water partition coefficient (Wildman–Crippen LogP) is 1.82. The van der Waals surface area contributed by atoms with Gasteiger partial charge in [0.25, 0.3) is 0 Å². The highest BCUT2D eigenvalue weighted by atomic mass is 79.9.